The van der Waals surface area contributed by atoms with Crippen molar-refractivity contribution in [2.45, 2.75) is 30.7 Å². The molecule has 224 valence electrons. The van der Waals surface area contributed by atoms with Gasteiger partial charge in [0.1, 0.15) is 12.7 Å². The average molecular weight is 597 g/mol. The van der Waals surface area contributed by atoms with Gasteiger partial charge in [0.25, 0.3) is 0 Å². The zero-order valence-electron chi connectivity index (χ0n) is 23.3. The fourth-order valence-electron chi connectivity index (χ4n) is 4.55. The van der Waals surface area contributed by atoms with E-state index >= 15 is 0 Å². The van der Waals surface area contributed by atoms with Gasteiger partial charge in [-0.1, -0.05) is 72.8 Å². The van der Waals surface area contributed by atoms with E-state index in [1.54, 1.807) is 84.9 Å². The number of aliphatic hydroxyl groups excluding tert-OH is 1. The van der Waals surface area contributed by atoms with Crippen molar-refractivity contribution in [3.05, 3.63) is 144 Å². The van der Waals surface area contributed by atoms with Crippen molar-refractivity contribution in [2.24, 2.45) is 0 Å². The van der Waals surface area contributed by atoms with E-state index in [1.165, 1.54) is 36.4 Å². The van der Waals surface area contributed by atoms with Crippen molar-refractivity contribution < 1.29 is 48.0 Å². The van der Waals surface area contributed by atoms with Crippen LogP contribution in [0.3, 0.4) is 0 Å². The number of carbonyl (C=O) groups excluding carboxylic acids is 4. The molecule has 0 radical (unpaired) electrons. The number of esters is 4. The van der Waals surface area contributed by atoms with Gasteiger partial charge >= 0.3 is 23.9 Å². The molecule has 44 heavy (non-hydrogen) atoms. The Morgan fingerprint density at radius 1 is 0.568 bits per heavy atom. The zero-order valence-corrected chi connectivity index (χ0v) is 23.3. The van der Waals surface area contributed by atoms with Crippen molar-refractivity contribution in [2.75, 3.05) is 6.61 Å². The van der Waals surface area contributed by atoms with Gasteiger partial charge in [0, 0.05) is 0 Å². The van der Waals surface area contributed by atoms with Gasteiger partial charge in [0.15, 0.2) is 24.6 Å². The van der Waals surface area contributed by atoms with Crippen LogP contribution in [0.15, 0.2) is 121 Å². The van der Waals surface area contributed by atoms with Crippen LogP contribution >= 0.6 is 0 Å². The predicted octanol–water partition coefficient (Wildman–Crippen LogP) is 4.24. The van der Waals surface area contributed by atoms with Crippen molar-refractivity contribution >= 4 is 23.9 Å². The van der Waals surface area contributed by atoms with Crippen LogP contribution in [-0.2, 0) is 23.7 Å². The number of benzene rings is 4. The van der Waals surface area contributed by atoms with Crippen LogP contribution in [-0.4, -0.2) is 66.3 Å². The summed E-state index contributed by atoms with van der Waals surface area (Å²) in [6.45, 7) is -0.539. The van der Waals surface area contributed by atoms with Gasteiger partial charge in [-0.25, -0.2) is 19.2 Å². The first-order chi connectivity index (χ1) is 21.4. The fourth-order valence-corrected chi connectivity index (χ4v) is 4.55. The number of hydrogen-bond donors (Lipinski definition) is 1. The van der Waals surface area contributed by atoms with Gasteiger partial charge < -0.3 is 28.8 Å². The maximum Gasteiger partial charge on any atom is 0.338 e. The van der Waals surface area contributed by atoms with Gasteiger partial charge in [-0.15, -0.1) is 0 Å². The topological polar surface area (TPSA) is 135 Å². The first kappa shape index (κ1) is 30.1. The van der Waals surface area contributed by atoms with E-state index in [0.717, 1.165) is 0 Å². The summed E-state index contributed by atoms with van der Waals surface area (Å²) in [6.07, 6.45) is -7.61. The van der Waals surface area contributed by atoms with Crippen LogP contribution in [0.2, 0.25) is 0 Å². The Morgan fingerprint density at radius 3 is 1.41 bits per heavy atom. The van der Waals surface area contributed by atoms with Crippen LogP contribution < -0.4 is 0 Å². The highest BCUT2D eigenvalue weighted by molar-refractivity contribution is 5.91. The van der Waals surface area contributed by atoms with Crippen LogP contribution in [0, 0.1) is 0 Å². The smallest absolute Gasteiger partial charge is 0.338 e. The summed E-state index contributed by atoms with van der Waals surface area (Å²) >= 11 is 0. The monoisotopic (exact) mass is 596 g/mol. The molecule has 5 rings (SSSR count). The number of hydrogen-bond acceptors (Lipinski definition) is 10. The first-order valence-corrected chi connectivity index (χ1v) is 13.7. The Bertz CT molecular complexity index is 1560. The predicted molar refractivity (Wildman–Crippen MR) is 155 cm³/mol. The van der Waals surface area contributed by atoms with Gasteiger partial charge in [-0.3, -0.25) is 0 Å². The second-order valence-corrected chi connectivity index (χ2v) is 9.74. The van der Waals surface area contributed by atoms with Crippen molar-refractivity contribution in [1.29, 1.82) is 0 Å². The second-order valence-electron chi connectivity index (χ2n) is 9.74. The zero-order chi connectivity index (χ0) is 30.9. The highest BCUT2D eigenvalue weighted by Crippen LogP contribution is 2.31. The molecule has 5 atom stereocenters. The molecule has 0 bridgehead atoms. The lowest BCUT2D eigenvalue weighted by Crippen LogP contribution is -2.47. The lowest BCUT2D eigenvalue weighted by atomic mass is 10.0. The van der Waals surface area contributed by atoms with Crippen molar-refractivity contribution in [3.63, 3.8) is 0 Å². The minimum Gasteiger partial charge on any atom is -0.458 e. The molecule has 1 heterocycles. The molecule has 10 heteroatoms. The molecule has 0 aromatic heterocycles. The highest BCUT2D eigenvalue weighted by Gasteiger charge is 2.53. The molecule has 1 unspecified atom stereocenters. The molecule has 1 aliphatic rings. The molecular formula is C34H28O10. The second kappa shape index (κ2) is 14.2. The molecule has 0 spiro atoms. The summed E-state index contributed by atoms with van der Waals surface area (Å²) in [4.78, 5) is 52.1. The van der Waals surface area contributed by atoms with Crippen LogP contribution in [0.1, 0.15) is 41.4 Å². The van der Waals surface area contributed by atoms with E-state index in [1.807, 2.05) is 0 Å². The van der Waals surface area contributed by atoms with E-state index in [0.29, 0.717) is 0 Å². The van der Waals surface area contributed by atoms with Crippen LogP contribution in [0.25, 0.3) is 0 Å². The highest BCUT2D eigenvalue weighted by atomic mass is 16.7. The Morgan fingerprint density at radius 2 is 0.955 bits per heavy atom. The van der Waals surface area contributed by atoms with E-state index in [4.69, 9.17) is 23.7 Å². The first-order valence-electron chi connectivity index (χ1n) is 13.7. The normalized spacial score (nSPS) is 19.8. The summed E-state index contributed by atoms with van der Waals surface area (Å²) in [5.41, 5.74) is 0.791. The largest absolute Gasteiger partial charge is 0.458 e. The standard InChI is InChI=1S/C34H28O10/c35-30(22-13-5-1-6-14-22)40-21-26(41-31(36)23-15-7-2-8-16-23)27-28(43-32(37)24-17-9-3-10-18-24)29(34(39)42-27)44-33(38)25-19-11-4-12-20-25/h1-20,26-29,34,39H,21H2/t26-,27-,28-,29+,34?/m0/s1. The third kappa shape index (κ3) is 7.35. The molecule has 0 saturated carbocycles. The molecular weight excluding hydrogens is 568 g/mol. The average Bonchev–Trinajstić information content (AvgIpc) is 3.37. The maximum absolute atomic E-state index is 13.2. The molecule has 1 aliphatic heterocycles. The molecule has 1 N–H and O–H groups in total. The molecule has 1 fully saturated rings. The molecule has 4 aromatic rings. The Balaban J connectivity index is 1.45. The van der Waals surface area contributed by atoms with E-state index in [-0.39, 0.29) is 22.3 Å². The lowest BCUT2D eigenvalue weighted by Gasteiger charge is -2.28. The summed E-state index contributed by atoms with van der Waals surface area (Å²) in [6, 6.07) is 32.2. The van der Waals surface area contributed by atoms with Gasteiger partial charge in [-0.2, -0.15) is 0 Å². The minimum atomic E-state index is -1.79. The van der Waals surface area contributed by atoms with Crippen molar-refractivity contribution in [3.8, 4) is 0 Å². The molecule has 4 aromatic carbocycles. The third-order valence-electron chi connectivity index (χ3n) is 6.75. The Kier molecular flexibility index (Phi) is 9.75. The molecule has 0 aliphatic carbocycles. The van der Waals surface area contributed by atoms with Gasteiger partial charge in [0.05, 0.1) is 22.3 Å². The number of aliphatic hydroxyl groups is 1. The Labute approximate surface area is 252 Å². The summed E-state index contributed by atoms with van der Waals surface area (Å²) in [5, 5.41) is 10.9. The molecule has 1 saturated heterocycles. The quantitative estimate of drug-likeness (QED) is 0.209. The van der Waals surface area contributed by atoms with E-state index in [9.17, 15) is 24.3 Å². The number of carbonyl (C=O) groups is 4. The fraction of sp³-hybridized carbons (Fsp3) is 0.176. The van der Waals surface area contributed by atoms with Crippen LogP contribution in [0.5, 0.6) is 0 Å². The summed E-state index contributed by atoms with van der Waals surface area (Å²) in [5.74, 6) is -3.13. The molecule has 0 amide bonds. The number of ether oxygens (including phenoxy) is 5. The Hall–Kier alpha value is -5.32. The van der Waals surface area contributed by atoms with E-state index < -0.39 is 61.2 Å². The number of rotatable bonds is 10. The maximum atomic E-state index is 13.2. The van der Waals surface area contributed by atoms with Crippen LogP contribution in [0.4, 0.5) is 0 Å². The third-order valence-corrected chi connectivity index (χ3v) is 6.75. The summed E-state index contributed by atoms with van der Waals surface area (Å²) < 4.78 is 28.3. The summed E-state index contributed by atoms with van der Waals surface area (Å²) in [7, 11) is 0. The van der Waals surface area contributed by atoms with Gasteiger partial charge in [-0.05, 0) is 48.5 Å². The minimum absolute atomic E-state index is 0.175. The molecule has 10 nitrogen and oxygen atoms in total. The van der Waals surface area contributed by atoms with Gasteiger partial charge in [0.2, 0.25) is 0 Å². The SMILES string of the molecule is O=C(OC[C@H](OC(=O)c1ccccc1)[C@@H]1OC(O)[C@H](OC(=O)c2ccccc2)[C@H]1OC(=O)c1ccccc1)c1ccccc1. The van der Waals surface area contributed by atoms with Crippen molar-refractivity contribution in [1.82, 2.24) is 0 Å². The lowest BCUT2D eigenvalue weighted by molar-refractivity contribution is -0.153. The van der Waals surface area contributed by atoms with E-state index in [2.05, 4.69) is 0 Å².